The van der Waals surface area contributed by atoms with E-state index in [4.69, 9.17) is 17.6 Å². The fraction of sp³-hybridized carbons (Fsp3) is 0. The summed E-state index contributed by atoms with van der Waals surface area (Å²) < 4.78 is 1.11. The maximum absolute atomic E-state index is 7.31. The van der Waals surface area contributed by atoms with Crippen molar-refractivity contribution in [3.05, 3.63) is 34.7 Å². The molecule has 4 heteroatoms. The first-order chi connectivity index (χ1) is 6.70. The van der Waals surface area contributed by atoms with Gasteiger partial charge in [0.2, 0.25) is 0 Å². The van der Waals surface area contributed by atoms with Crippen molar-refractivity contribution in [1.82, 2.24) is 0 Å². The number of hydrogen-bond acceptors (Lipinski definition) is 2. The molecule has 0 fully saturated rings. The van der Waals surface area contributed by atoms with Gasteiger partial charge in [0, 0.05) is 10.3 Å². The van der Waals surface area contributed by atoms with Crippen LogP contribution in [0.2, 0.25) is 0 Å². The number of amidine groups is 1. The molecule has 0 aliphatic rings. The van der Waals surface area contributed by atoms with Crippen molar-refractivity contribution in [2.45, 2.75) is 0 Å². The smallest absolute Gasteiger partial charge is 0.133 e. The van der Waals surface area contributed by atoms with Crippen LogP contribution in [0.1, 0.15) is 10.4 Å². The maximum Gasteiger partial charge on any atom is 0.133 e. The number of terminal acetylenes is 1. The molecule has 15 heavy (non-hydrogen) atoms. The summed E-state index contributed by atoms with van der Waals surface area (Å²) in [6, 6.07) is 7.67. The predicted molar refractivity (Wildman–Crippen MR) is 68.0 cm³/mol. The second-order valence-corrected chi connectivity index (χ2v) is 4.01. The van der Waals surface area contributed by atoms with Gasteiger partial charge < -0.3 is 5.73 Å². The third-order valence-corrected chi connectivity index (χ3v) is 3.10. The molecule has 0 radical (unpaired) electrons. The minimum atomic E-state index is 0. The molecule has 0 atom stereocenters. The average molecular weight is 237 g/mol. The van der Waals surface area contributed by atoms with Gasteiger partial charge in [0.25, 0.3) is 0 Å². The van der Waals surface area contributed by atoms with Gasteiger partial charge in [-0.25, -0.2) is 0 Å². The summed E-state index contributed by atoms with van der Waals surface area (Å²) >= 11 is 1.51. The highest BCUT2D eigenvalue weighted by molar-refractivity contribution is 7.20. The van der Waals surface area contributed by atoms with Gasteiger partial charge in [0.15, 0.2) is 0 Å². The van der Waals surface area contributed by atoms with E-state index in [1.807, 2.05) is 24.3 Å². The molecule has 1 aromatic carbocycles. The second kappa shape index (κ2) is 4.35. The summed E-state index contributed by atoms with van der Waals surface area (Å²) in [5.41, 5.74) is 6.25. The van der Waals surface area contributed by atoms with E-state index in [9.17, 15) is 0 Å². The van der Waals surface area contributed by atoms with Crippen LogP contribution in [0.3, 0.4) is 0 Å². The van der Waals surface area contributed by atoms with Crippen LogP contribution >= 0.6 is 23.7 Å². The number of benzene rings is 1. The van der Waals surface area contributed by atoms with Crippen LogP contribution in [0.5, 0.6) is 0 Å². The number of thiophene rings is 1. The molecule has 0 saturated carbocycles. The highest BCUT2D eigenvalue weighted by Crippen LogP contribution is 2.25. The fourth-order valence-corrected chi connectivity index (χ4v) is 2.17. The van der Waals surface area contributed by atoms with E-state index >= 15 is 0 Å². The molecule has 1 heterocycles. The van der Waals surface area contributed by atoms with E-state index in [1.165, 1.54) is 11.3 Å². The average Bonchev–Trinajstić information content (AvgIpc) is 2.59. The quantitative estimate of drug-likeness (QED) is 0.446. The molecule has 1 aromatic heterocycles. The first kappa shape index (κ1) is 11.6. The zero-order valence-electron chi connectivity index (χ0n) is 7.78. The Labute approximate surface area is 98.0 Å². The second-order valence-electron chi connectivity index (χ2n) is 2.92. The monoisotopic (exact) mass is 236 g/mol. The maximum atomic E-state index is 7.31. The van der Waals surface area contributed by atoms with Gasteiger partial charge >= 0.3 is 0 Å². The number of halogens is 1. The summed E-state index contributed by atoms with van der Waals surface area (Å²) in [7, 11) is 0. The third-order valence-electron chi connectivity index (χ3n) is 1.95. The number of nitrogens with two attached hydrogens (primary N) is 1. The SMILES string of the molecule is C#Cc1ccc2sc(C(=N)N)cc2c1.Cl. The zero-order valence-corrected chi connectivity index (χ0v) is 9.41. The Morgan fingerprint density at radius 3 is 2.73 bits per heavy atom. The molecular formula is C11H9ClN2S. The molecule has 0 bridgehead atoms. The van der Waals surface area contributed by atoms with Crippen LogP contribution in [0.25, 0.3) is 10.1 Å². The van der Waals surface area contributed by atoms with Crippen molar-refractivity contribution in [2.24, 2.45) is 5.73 Å². The Kier molecular flexibility index (Phi) is 3.35. The summed E-state index contributed by atoms with van der Waals surface area (Å²) in [4.78, 5) is 0.786. The summed E-state index contributed by atoms with van der Waals surface area (Å²) in [5.74, 6) is 2.68. The van der Waals surface area contributed by atoms with Gasteiger partial charge in [-0.15, -0.1) is 30.2 Å². The van der Waals surface area contributed by atoms with Crippen LogP contribution in [0.4, 0.5) is 0 Å². The van der Waals surface area contributed by atoms with E-state index in [0.717, 1.165) is 20.5 Å². The Morgan fingerprint density at radius 2 is 2.13 bits per heavy atom. The first-order valence-corrected chi connectivity index (χ1v) is 4.87. The van der Waals surface area contributed by atoms with E-state index in [-0.39, 0.29) is 18.2 Å². The predicted octanol–water partition coefficient (Wildman–Crippen LogP) is 2.59. The van der Waals surface area contributed by atoms with Crippen molar-refractivity contribution in [3.63, 3.8) is 0 Å². The van der Waals surface area contributed by atoms with Crippen LogP contribution in [0.15, 0.2) is 24.3 Å². The lowest BCUT2D eigenvalue weighted by molar-refractivity contribution is 1.46. The van der Waals surface area contributed by atoms with Gasteiger partial charge in [-0.05, 0) is 29.7 Å². The van der Waals surface area contributed by atoms with E-state index in [2.05, 4.69) is 5.92 Å². The summed E-state index contributed by atoms with van der Waals surface area (Å²) in [5, 5.41) is 8.37. The standard InChI is InChI=1S/C11H8N2S.ClH/c1-2-7-3-4-9-8(5-7)6-10(14-9)11(12)13;/h1,3-6H,(H3,12,13);1H. The number of fused-ring (bicyclic) bond motifs is 1. The lowest BCUT2D eigenvalue weighted by atomic mass is 10.2. The Bertz CT molecular complexity index is 551. The van der Waals surface area contributed by atoms with Crippen LogP contribution in [0, 0.1) is 17.8 Å². The molecule has 3 N–H and O–H groups in total. The summed E-state index contributed by atoms with van der Waals surface area (Å²) in [6.07, 6.45) is 5.29. The number of rotatable bonds is 1. The minimum absolute atomic E-state index is 0. The summed E-state index contributed by atoms with van der Waals surface area (Å²) in [6.45, 7) is 0. The van der Waals surface area contributed by atoms with E-state index in [0.29, 0.717) is 0 Å². The Balaban J connectivity index is 0.00000112. The highest BCUT2D eigenvalue weighted by atomic mass is 35.5. The van der Waals surface area contributed by atoms with Gasteiger partial charge in [-0.1, -0.05) is 5.92 Å². The molecule has 76 valence electrons. The zero-order chi connectivity index (χ0) is 10.1. The van der Waals surface area contributed by atoms with Gasteiger partial charge in [0.1, 0.15) is 5.84 Å². The van der Waals surface area contributed by atoms with Gasteiger partial charge in [0.05, 0.1) is 4.88 Å². The largest absolute Gasteiger partial charge is 0.383 e. The van der Waals surface area contributed by atoms with Crippen molar-refractivity contribution >= 4 is 39.7 Å². The molecule has 0 aliphatic carbocycles. The Hall–Kier alpha value is -1.50. The Morgan fingerprint density at radius 1 is 1.40 bits per heavy atom. The van der Waals surface area contributed by atoms with Crippen molar-refractivity contribution < 1.29 is 0 Å². The first-order valence-electron chi connectivity index (χ1n) is 4.05. The molecule has 0 spiro atoms. The number of nitrogen functional groups attached to an aromatic ring is 1. The van der Waals surface area contributed by atoms with Crippen LogP contribution in [-0.2, 0) is 0 Å². The van der Waals surface area contributed by atoms with Crippen molar-refractivity contribution in [2.75, 3.05) is 0 Å². The van der Waals surface area contributed by atoms with E-state index < -0.39 is 0 Å². The molecule has 0 saturated heterocycles. The molecule has 2 nitrogen and oxygen atoms in total. The lowest BCUT2D eigenvalue weighted by Gasteiger charge is -1.89. The van der Waals surface area contributed by atoms with Gasteiger partial charge in [-0.3, -0.25) is 5.41 Å². The highest BCUT2D eigenvalue weighted by Gasteiger charge is 2.03. The van der Waals surface area contributed by atoms with Gasteiger partial charge in [-0.2, -0.15) is 0 Å². The molecule has 2 aromatic rings. The fourth-order valence-electron chi connectivity index (χ4n) is 1.27. The number of nitrogens with one attached hydrogen (secondary N) is 1. The minimum Gasteiger partial charge on any atom is -0.383 e. The third kappa shape index (κ3) is 2.12. The van der Waals surface area contributed by atoms with Crippen molar-refractivity contribution in [1.29, 1.82) is 5.41 Å². The number of hydrogen-bond donors (Lipinski definition) is 2. The molecule has 0 unspecified atom stereocenters. The van der Waals surface area contributed by atoms with Crippen molar-refractivity contribution in [3.8, 4) is 12.3 Å². The molecule has 0 amide bonds. The lowest BCUT2D eigenvalue weighted by Crippen LogP contribution is -2.08. The topological polar surface area (TPSA) is 49.9 Å². The normalized spacial score (nSPS) is 9.27. The molecule has 0 aliphatic heterocycles. The van der Waals surface area contributed by atoms with Crippen LogP contribution < -0.4 is 5.73 Å². The molecular weight excluding hydrogens is 228 g/mol. The van der Waals surface area contributed by atoms with Crippen LogP contribution in [-0.4, -0.2) is 5.84 Å². The molecule has 2 rings (SSSR count). The van der Waals surface area contributed by atoms with E-state index in [1.54, 1.807) is 0 Å².